The Bertz CT molecular complexity index is 883. The summed E-state index contributed by atoms with van der Waals surface area (Å²) in [6.45, 7) is 1.91. The summed E-state index contributed by atoms with van der Waals surface area (Å²) < 4.78 is 29.5. The summed E-state index contributed by atoms with van der Waals surface area (Å²) >= 11 is 1.95. The van der Waals surface area contributed by atoms with Crippen molar-refractivity contribution in [3.05, 3.63) is 83.6 Å². The van der Waals surface area contributed by atoms with Gasteiger partial charge < -0.3 is 9.47 Å². The molecule has 134 valence electrons. The van der Waals surface area contributed by atoms with Gasteiger partial charge >= 0.3 is 0 Å². The van der Waals surface area contributed by atoms with E-state index in [1.165, 1.54) is 18.2 Å². The predicted molar refractivity (Wildman–Crippen MR) is 104 cm³/mol. The van der Waals surface area contributed by atoms with Crippen LogP contribution in [-0.4, -0.2) is 29.2 Å². The summed E-state index contributed by atoms with van der Waals surface area (Å²) in [5, 5.41) is 0. The van der Waals surface area contributed by atoms with Gasteiger partial charge in [0.05, 0.1) is 5.69 Å². The Morgan fingerprint density at radius 1 is 0.885 bits per heavy atom. The fourth-order valence-corrected chi connectivity index (χ4v) is 4.22. The molecule has 1 fully saturated rings. The number of benzene rings is 2. The zero-order valence-electron chi connectivity index (χ0n) is 14.4. The van der Waals surface area contributed by atoms with Gasteiger partial charge in [0.1, 0.15) is 17.5 Å². The second-order valence-corrected chi connectivity index (χ2v) is 7.66. The minimum absolute atomic E-state index is 0.232. The van der Waals surface area contributed by atoms with Gasteiger partial charge in [0.15, 0.2) is 0 Å². The first kappa shape index (κ1) is 17.2. The quantitative estimate of drug-likeness (QED) is 0.645. The Balaban J connectivity index is 1.72. The maximum Gasteiger partial charge on any atom is 0.147 e. The Morgan fingerprint density at radius 3 is 2.35 bits per heavy atom. The van der Waals surface area contributed by atoms with Gasteiger partial charge in [0, 0.05) is 30.8 Å². The molecule has 2 heterocycles. The van der Waals surface area contributed by atoms with Crippen molar-refractivity contribution in [1.29, 1.82) is 0 Å². The Hall–Kier alpha value is -2.27. The van der Waals surface area contributed by atoms with Crippen molar-refractivity contribution < 1.29 is 8.78 Å². The predicted octanol–water partition coefficient (Wildman–Crippen LogP) is 4.90. The molecule has 0 N–H and O–H groups in total. The number of rotatable bonds is 4. The summed E-state index contributed by atoms with van der Waals surface area (Å²) in [4.78, 5) is 2.32. The molecule has 2 nitrogen and oxygen atoms in total. The van der Waals surface area contributed by atoms with Crippen molar-refractivity contribution in [3.63, 3.8) is 0 Å². The van der Waals surface area contributed by atoms with Gasteiger partial charge in [-0.3, -0.25) is 0 Å². The third-order valence-electron chi connectivity index (χ3n) is 4.62. The topological polar surface area (TPSA) is 8.17 Å². The monoisotopic (exact) mass is 370 g/mol. The number of nitrogens with zero attached hydrogens (tertiary/aromatic N) is 2. The second kappa shape index (κ2) is 7.54. The molecule has 1 aromatic heterocycles. The number of anilines is 1. The van der Waals surface area contributed by atoms with Crippen molar-refractivity contribution >= 4 is 17.6 Å². The van der Waals surface area contributed by atoms with E-state index in [0.29, 0.717) is 12.1 Å². The van der Waals surface area contributed by atoms with E-state index in [-0.39, 0.29) is 11.6 Å². The van der Waals surface area contributed by atoms with Gasteiger partial charge in [-0.05, 0) is 47.9 Å². The molecule has 1 aliphatic heterocycles. The maximum absolute atomic E-state index is 14.4. The van der Waals surface area contributed by atoms with E-state index in [0.717, 1.165) is 41.5 Å². The van der Waals surface area contributed by atoms with E-state index in [1.54, 1.807) is 24.3 Å². The zero-order valence-corrected chi connectivity index (χ0v) is 15.2. The van der Waals surface area contributed by atoms with Crippen LogP contribution in [-0.2, 0) is 6.42 Å². The van der Waals surface area contributed by atoms with Crippen molar-refractivity contribution in [1.82, 2.24) is 4.57 Å². The van der Waals surface area contributed by atoms with Gasteiger partial charge in [-0.2, -0.15) is 11.8 Å². The second-order valence-electron chi connectivity index (χ2n) is 6.43. The smallest absolute Gasteiger partial charge is 0.147 e. The Labute approximate surface area is 156 Å². The average molecular weight is 370 g/mol. The van der Waals surface area contributed by atoms with Crippen LogP contribution in [0, 0.1) is 11.6 Å². The SMILES string of the molecule is Fc1ccc(Cc2cc(N3CCSCC3)n(-c3ccccc3F)c2)cc1. The molecule has 1 aliphatic rings. The lowest BCUT2D eigenvalue weighted by Gasteiger charge is -2.29. The summed E-state index contributed by atoms with van der Waals surface area (Å²) in [6.07, 6.45) is 2.69. The van der Waals surface area contributed by atoms with E-state index < -0.39 is 0 Å². The molecule has 0 bridgehead atoms. The molecule has 3 aromatic rings. The first-order valence-electron chi connectivity index (χ1n) is 8.74. The molecule has 4 rings (SSSR count). The van der Waals surface area contributed by atoms with Crippen LogP contribution in [0.25, 0.3) is 5.69 Å². The van der Waals surface area contributed by atoms with Crippen LogP contribution in [0.2, 0.25) is 0 Å². The summed E-state index contributed by atoms with van der Waals surface area (Å²) in [7, 11) is 0. The minimum Gasteiger partial charge on any atom is -0.356 e. The van der Waals surface area contributed by atoms with Crippen LogP contribution in [0.3, 0.4) is 0 Å². The summed E-state index contributed by atoms with van der Waals surface area (Å²) in [5.41, 5.74) is 2.69. The fourth-order valence-electron chi connectivity index (χ4n) is 3.32. The van der Waals surface area contributed by atoms with E-state index in [1.807, 2.05) is 28.6 Å². The van der Waals surface area contributed by atoms with E-state index in [2.05, 4.69) is 11.0 Å². The lowest BCUT2D eigenvalue weighted by molar-refractivity contribution is 0.617. The lowest BCUT2D eigenvalue weighted by Crippen LogP contribution is -2.33. The molecule has 5 heteroatoms. The third-order valence-corrected chi connectivity index (χ3v) is 5.57. The van der Waals surface area contributed by atoms with Crippen molar-refractivity contribution in [3.8, 4) is 5.69 Å². The van der Waals surface area contributed by atoms with E-state index in [9.17, 15) is 8.78 Å². The number of halogens is 2. The summed E-state index contributed by atoms with van der Waals surface area (Å²) in [6, 6.07) is 15.5. The molecule has 1 saturated heterocycles. The third kappa shape index (κ3) is 3.63. The van der Waals surface area contributed by atoms with E-state index in [4.69, 9.17) is 0 Å². The van der Waals surface area contributed by atoms with Crippen LogP contribution in [0.1, 0.15) is 11.1 Å². The number of thioether (sulfide) groups is 1. The highest BCUT2D eigenvalue weighted by Crippen LogP contribution is 2.28. The lowest BCUT2D eigenvalue weighted by atomic mass is 10.1. The van der Waals surface area contributed by atoms with E-state index >= 15 is 0 Å². The molecule has 26 heavy (non-hydrogen) atoms. The highest BCUT2D eigenvalue weighted by atomic mass is 32.2. The van der Waals surface area contributed by atoms with Gasteiger partial charge in [-0.25, -0.2) is 8.78 Å². The van der Waals surface area contributed by atoms with Crippen LogP contribution in [0.5, 0.6) is 0 Å². The fraction of sp³-hybridized carbons (Fsp3) is 0.238. The standard InChI is InChI=1S/C21H20F2N2S/c22-18-7-5-16(6-8-18)13-17-14-21(24-9-11-26-12-10-24)25(15-17)20-4-2-1-3-19(20)23/h1-8,14-15H,9-13H2. The molecule has 0 spiro atoms. The first-order valence-corrected chi connectivity index (χ1v) is 9.89. The molecule has 0 atom stereocenters. The van der Waals surface area contributed by atoms with Gasteiger partial charge in [0.2, 0.25) is 0 Å². The van der Waals surface area contributed by atoms with Gasteiger partial charge in [0.25, 0.3) is 0 Å². The highest BCUT2D eigenvalue weighted by molar-refractivity contribution is 7.99. The summed E-state index contributed by atoms with van der Waals surface area (Å²) in [5.74, 6) is 2.71. The average Bonchev–Trinajstić information content (AvgIpc) is 3.08. The molecular weight excluding hydrogens is 350 g/mol. The van der Waals surface area contributed by atoms with Crippen molar-refractivity contribution in [2.24, 2.45) is 0 Å². The molecule has 0 amide bonds. The van der Waals surface area contributed by atoms with Crippen LogP contribution < -0.4 is 4.90 Å². The molecule has 0 aliphatic carbocycles. The number of para-hydroxylation sites is 1. The van der Waals surface area contributed by atoms with Crippen molar-refractivity contribution in [2.45, 2.75) is 6.42 Å². The Morgan fingerprint density at radius 2 is 1.62 bits per heavy atom. The molecule has 0 unspecified atom stereocenters. The molecule has 0 radical (unpaired) electrons. The highest BCUT2D eigenvalue weighted by Gasteiger charge is 2.18. The number of aromatic nitrogens is 1. The molecule has 0 saturated carbocycles. The number of hydrogen-bond donors (Lipinski definition) is 0. The Kier molecular flexibility index (Phi) is 4.98. The molecular formula is C21H20F2N2S. The first-order chi connectivity index (χ1) is 12.7. The number of hydrogen-bond acceptors (Lipinski definition) is 2. The molecule has 2 aromatic carbocycles. The van der Waals surface area contributed by atoms with Crippen molar-refractivity contribution in [2.75, 3.05) is 29.5 Å². The zero-order chi connectivity index (χ0) is 17.9. The van der Waals surface area contributed by atoms with Gasteiger partial charge in [-0.1, -0.05) is 24.3 Å². The minimum atomic E-state index is -0.232. The largest absolute Gasteiger partial charge is 0.356 e. The normalized spacial score (nSPS) is 14.6. The van der Waals surface area contributed by atoms with Gasteiger partial charge in [-0.15, -0.1) is 0 Å². The van der Waals surface area contributed by atoms with Crippen LogP contribution in [0.4, 0.5) is 14.6 Å². The maximum atomic E-state index is 14.4. The van der Waals surface area contributed by atoms with Crippen LogP contribution >= 0.6 is 11.8 Å². The van der Waals surface area contributed by atoms with Crippen LogP contribution in [0.15, 0.2) is 60.8 Å².